The van der Waals surface area contributed by atoms with Crippen molar-refractivity contribution in [2.75, 3.05) is 27.2 Å². The lowest BCUT2D eigenvalue weighted by Crippen LogP contribution is -2.43. The highest BCUT2D eigenvalue weighted by Crippen LogP contribution is 2.23. The number of piperidine rings is 1. The third-order valence-corrected chi connectivity index (χ3v) is 6.00. The van der Waals surface area contributed by atoms with Gasteiger partial charge in [-0.1, -0.05) is 0 Å². The van der Waals surface area contributed by atoms with Gasteiger partial charge < -0.3 is 10.1 Å². The second kappa shape index (κ2) is 8.10. The molecule has 0 saturated carbocycles. The third kappa shape index (κ3) is 4.23. The standard InChI is InChI=1S/C15H22N2O4S.ClH/c1-11-10-13(4-5-14(11)15(18)21-3)22(19,20)17-8-6-12(16-2)7-9-17;/h4-5,10,12,16H,6-9H2,1-3H3;1H. The van der Waals surface area contributed by atoms with E-state index >= 15 is 0 Å². The zero-order chi connectivity index (χ0) is 16.3. The molecule has 0 aromatic heterocycles. The molecule has 1 fully saturated rings. The van der Waals surface area contributed by atoms with Gasteiger partial charge in [0.05, 0.1) is 17.6 Å². The van der Waals surface area contributed by atoms with E-state index in [4.69, 9.17) is 0 Å². The second-order valence-electron chi connectivity index (χ2n) is 5.44. The molecule has 130 valence electrons. The average Bonchev–Trinajstić information content (AvgIpc) is 2.54. The molecular weight excluding hydrogens is 340 g/mol. The molecular formula is C15H23ClN2O4S. The molecule has 1 heterocycles. The van der Waals surface area contributed by atoms with Crippen molar-refractivity contribution < 1.29 is 17.9 Å². The first-order valence-corrected chi connectivity index (χ1v) is 8.70. The predicted octanol–water partition coefficient (Wildman–Crippen LogP) is 1.58. The van der Waals surface area contributed by atoms with Gasteiger partial charge in [0.2, 0.25) is 10.0 Å². The number of carbonyl (C=O) groups excluding carboxylic acids is 1. The van der Waals surface area contributed by atoms with Crippen LogP contribution >= 0.6 is 12.4 Å². The van der Waals surface area contributed by atoms with Crippen LogP contribution in [0.15, 0.2) is 23.1 Å². The number of hydrogen-bond acceptors (Lipinski definition) is 5. The van der Waals surface area contributed by atoms with Crippen molar-refractivity contribution in [2.45, 2.75) is 30.7 Å². The molecule has 0 spiro atoms. The first-order chi connectivity index (χ1) is 10.4. The van der Waals surface area contributed by atoms with E-state index in [0.29, 0.717) is 30.3 Å². The summed E-state index contributed by atoms with van der Waals surface area (Å²) in [4.78, 5) is 11.8. The molecule has 23 heavy (non-hydrogen) atoms. The summed E-state index contributed by atoms with van der Waals surface area (Å²) in [5.74, 6) is -0.462. The normalized spacial score (nSPS) is 16.7. The van der Waals surface area contributed by atoms with Crippen LogP contribution in [-0.4, -0.2) is 52.0 Å². The molecule has 1 aromatic carbocycles. The predicted molar refractivity (Wildman–Crippen MR) is 90.6 cm³/mol. The van der Waals surface area contributed by atoms with Crippen molar-refractivity contribution in [3.8, 4) is 0 Å². The van der Waals surface area contributed by atoms with Gasteiger partial charge in [0, 0.05) is 19.1 Å². The number of sulfonamides is 1. The molecule has 1 N–H and O–H groups in total. The van der Waals surface area contributed by atoms with Gasteiger partial charge in [-0.2, -0.15) is 4.31 Å². The molecule has 1 aliphatic heterocycles. The summed E-state index contributed by atoms with van der Waals surface area (Å²) >= 11 is 0. The number of rotatable bonds is 4. The van der Waals surface area contributed by atoms with Crippen molar-refractivity contribution in [1.82, 2.24) is 9.62 Å². The lowest BCUT2D eigenvalue weighted by Gasteiger charge is -2.31. The second-order valence-corrected chi connectivity index (χ2v) is 7.37. The Morgan fingerprint density at radius 1 is 1.30 bits per heavy atom. The van der Waals surface area contributed by atoms with Gasteiger partial charge in [-0.05, 0) is 50.6 Å². The van der Waals surface area contributed by atoms with Gasteiger partial charge in [0.1, 0.15) is 0 Å². The highest BCUT2D eigenvalue weighted by Gasteiger charge is 2.29. The largest absolute Gasteiger partial charge is 0.465 e. The Kier molecular flexibility index (Phi) is 7.01. The molecule has 2 rings (SSSR count). The van der Waals surface area contributed by atoms with E-state index in [-0.39, 0.29) is 17.3 Å². The molecule has 1 saturated heterocycles. The summed E-state index contributed by atoms with van der Waals surface area (Å²) in [5.41, 5.74) is 0.980. The van der Waals surface area contributed by atoms with E-state index in [9.17, 15) is 13.2 Å². The fourth-order valence-electron chi connectivity index (χ4n) is 2.67. The van der Waals surface area contributed by atoms with Gasteiger partial charge in [-0.15, -0.1) is 12.4 Å². The van der Waals surface area contributed by atoms with Crippen LogP contribution in [0.2, 0.25) is 0 Å². The Morgan fingerprint density at radius 3 is 2.39 bits per heavy atom. The maximum Gasteiger partial charge on any atom is 0.338 e. The molecule has 0 atom stereocenters. The minimum absolute atomic E-state index is 0. The van der Waals surface area contributed by atoms with Crippen LogP contribution < -0.4 is 5.32 Å². The van der Waals surface area contributed by atoms with Gasteiger partial charge in [-0.25, -0.2) is 13.2 Å². The molecule has 0 amide bonds. The molecule has 1 aliphatic rings. The smallest absolute Gasteiger partial charge is 0.338 e. The summed E-state index contributed by atoms with van der Waals surface area (Å²) in [5, 5.41) is 3.18. The minimum Gasteiger partial charge on any atom is -0.465 e. The topological polar surface area (TPSA) is 75.7 Å². The van der Waals surface area contributed by atoms with E-state index in [1.54, 1.807) is 6.92 Å². The molecule has 0 radical (unpaired) electrons. The number of benzene rings is 1. The van der Waals surface area contributed by atoms with Crippen LogP contribution in [0.1, 0.15) is 28.8 Å². The number of hydrogen-bond donors (Lipinski definition) is 1. The summed E-state index contributed by atoms with van der Waals surface area (Å²) in [7, 11) is -0.315. The monoisotopic (exact) mass is 362 g/mol. The first kappa shape index (κ1) is 19.9. The van der Waals surface area contributed by atoms with Crippen molar-refractivity contribution in [2.24, 2.45) is 0 Å². The van der Waals surface area contributed by atoms with Crippen LogP contribution in [0.25, 0.3) is 0 Å². The lowest BCUT2D eigenvalue weighted by molar-refractivity contribution is 0.0600. The van der Waals surface area contributed by atoms with Crippen molar-refractivity contribution in [3.05, 3.63) is 29.3 Å². The van der Waals surface area contributed by atoms with Crippen molar-refractivity contribution in [1.29, 1.82) is 0 Å². The number of nitrogens with one attached hydrogen (secondary N) is 1. The Balaban J connectivity index is 0.00000264. The molecule has 0 bridgehead atoms. The Hall–Kier alpha value is -1.15. The fourth-order valence-corrected chi connectivity index (χ4v) is 4.22. The van der Waals surface area contributed by atoms with E-state index in [2.05, 4.69) is 10.1 Å². The maximum absolute atomic E-state index is 12.7. The van der Waals surface area contributed by atoms with Gasteiger partial charge in [0.25, 0.3) is 0 Å². The molecule has 0 aliphatic carbocycles. The van der Waals surface area contributed by atoms with E-state index in [1.165, 1.54) is 29.6 Å². The highest BCUT2D eigenvalue weighted by atomic mass is 35.5. The maximum atomic E-state index is 12.7. The van der Waals surface area contributed by atoms with Gasteiger partial charge >= 0.3 is 5.97 Å². The Labute approximate surface area is 143 Å². The van der Waals surface area contributed by atoms with Crippen LogP contribution in [0.3, 0.4) is 0 Å². The first-order valence-electron chi connectivity index (χ1n) is 7.26. The van der Waals surface area contributed by atoms with Crippen molar-refractivity contribution in [3.63, 3.8) is 0 Å². The van der Waals surface area contributed by atoms with Crippen LogP contribution in [-0.2, 0) is 14.8 Å². The number of halogens is 1. The van der Waals surface area contributed by atoms with E-state index in [0.717, 1.165) is 12.8 Å². The third-order valence-electron chi connectivity index (χ3n) is 4.10. The zero-order valence-corrected chi connectivity index (χ0v) is 15.2. The SMILES string of the molecule is CNC1CCN(S(=O)(=O)c2ccc(C(=O)OC)c(C)c2)CC1.Cl. The summed E-state index contributed by atoms with van der Waals surface area (Å²) in [6.45, 7) is 2.72. The molecule has 8 heteroatoms. The fraction of sp³-hybridized carbons (Fsp3) is 0.533. The lowest BCUT2D eigenvalue weighted by atomic mass is 10.1. The summed E-state index contributed by atoms with van der Waals surface area (Å²) < 4.78 is 31.5. The number of ether oxygens (including phenoxy) is 1. The summed E-state index contributed by atoms with van der Waals surface area (Å²) in [6.07, 6.45) is 1.60. The minimum atomic E-state index is -3.51. The number of methoxy groups -OCH3 is 1. The van der Waals surface area contributed by atoms with Crippen molar-refractivity contribution >= 4 is 28.4 Å². The highest BCUT2D eigenvalue weighted by molar-refractivity contribution is 7.89. The number of nitrogens with zero attached hydrogens (tertiary/aromatic N) is 1. The van der Waals surface area contributed by atoms with Gasteiger partial charge in [-0.3, -0.25) is 0 Å². The van der Waals surface area contributed by atoms with Crippen LogP contribution in [0.4, 0.5) is 0 Å². The zero-order valence-electron chi connectivity index (χ0n) is 13.5. The number of aryl methyl sites for hydroxylation is 1. The molecule has 6 nitrogen and oxygen atoms in total. The Bertz CT molecular complexity index is 655. The molecule has 0 unspecified atom stereocenters. The van der Waals surface area contributed by atoms with Crippen LogP contribution in [0, 0.1) is 6.92 Å². The number of esters is 1. The van der Waals surface area contributed by atoms with Crippen LogP contribution in [0.5, 0.6) is 0 Å². The summed E-state index contributed by atoms with van der Waals surface area (Å²) in [6, 6.07) is 4.88. The van der Waals surface area contributed by atoms with E-state index in [1.807, 2.05) is 7.05 Å². The quantitative estimate of drug-likeness (QED) is 0.823. The Morgan fingerprint density at radius 2 is 1.91 bits per heavy atom. The van der Waals surface area contributed by atoms with E-state index < -0.39 is 16.0 Å². The molecule has 1 aromatic rings. The number of carbonyl (C=O) groups is 1. The average molecular weight is 363 g/mol. The van der Waals surface area contributed by atoms with Gasteiger partial charge in [0.15, 0.2) is 0 Å².